The van der Waals surface area contributed by atoms with Crippen LogP contribution in [0, 0.1) is 11.8 Å². The van der Waals surface area contributed by atoms with Crippen LogP contribution in [-0.2, 0) is 0 Å². The number of nitrogens with one attached hydrogen (secondary N) is 1. The summed E-state index contributed by atoms with van der Waals surface area (Å²) in [5.41, 5.74) is 0. The molecule has 0 aromatic carbocycles. The summed E-state index contributed by atoms with van der Waals surface area (Å²) in [5.74, 6) is 1.75. The SMILES string of the molecule is CCNC1CC(C)CC(C)C1N1CCCCCC1. The zero-order valence-electron chi connectivity index (χ0n) is 12.6. The van der Waals surface area contributed by atoms with Gasteiger partial charge in [0.2, 0.25) is 0 Å². The number of hydrogen-bond acceptors (Lipinski definition) is 2. The predicted octanol–water partition coefficient (Wildman–Crippen LogP) is 3.28. The van der Waals surface area contributed by atoms with Crippen LogP contribution in [-0.4, -0.2) is 36.6 Å². The van der Waals surface area contributed by atoms with Crippen molar-refractivity contribution < 1.29 is 0 Å². The molecule has 4 unspecified atom stereocenters. The summed E-state index contributed by atoms with van der Waals surface area (Å²) in [6, 6.07) is 1.52. The van der Waals surface area contributed by atoms with Gasteiger partial charge in [-0.1, -0.05) is 33.6 Å². The van der Waals surface area contributed by atoms with Crippen molar-refractivity contribution in [2.45, 2.75) is 71.4 Å². The van der Waals surface area contributed by atoms with E-state index in [2.05, 4.69) is 31.0 Å². The molecule has 1 aliphatic heterocycles. The smallest absolute Gasteiger partial charge is 0.0275 e. The van der Waals surface area contributed by atoms with E-state index in [4.69, 9.17) is 0 Å². The Kier molecular flexibility index (Phi) is 5.50. The average Bonchev–Trinajstić information content (AvgIpc) is 2.57. The standard InChI is InChI=1S/C16H32N2/c1-4-17-15-12-13(2)11-14(3)16(15)18-9-7-5-6-8-10-18/h13-17H,4-12H2,1-3H3. The van der Waals surface area contributed by atoms with Crippen LogP contribution in [0.1, 0.15) is 59.3 Å². The summed E-state index contributed by atoms with van der Waals surface area (Å²) in [4.78, 5) is 2.82. The lowest BCUT2D eigenvalue weighted by molar-refractivity contribution is 0.0643. The Labute approximate surface area is 114 Å². The van der Waals surface area contributed by atoms with Gasteiger partial charge in [0.1, 0.15) is 0 Å². The second kappa shape index (κ2) is 6.91. The Morgan fingerprint density at radius 2 is 1.67 bits per heavy atom. The fourth-order valence-corrected chi connectivity index (χ4v) is 4.31. The monoisotopic (exact) mass is 252 g/mol. The maximum absolute atomic E-state index is 3.77. The number of nitrogens with zero attached hydrogens (tertiary/aromatic N) is 1. The molecule has 2 fully saturated rings. The average molecular weight is 252 g/mol. The molecule has 2 heteroatoms. The zero-order valence-corrected chi connectivity index (χ0v) is 12.6. The Bertz CT molecular complexity index is 231. The highest BCUT2D eigenvalue weighted by Gasteiger charge is 2.37. The van der Waals surface area contributed by atoms with Crippen molar-refractivity contribution in [1.29, 1.82) is 0 Å². The molecular formula is C16H32N2. The first-order valence-electron chi connectivity index (χ1n) is 8.19. The van der Waals surface area contributed by atoms with Crippen molar-refractivity contribution in [1.82, 2.24) is 10.2 Å². The lowest BCUT2D eigenvalue weighted by Gasteiger charge is -2.46. The summed E-state index contributed by atoms with van der Waals surface area (Å²) >= 11 is 0. The van der Waals surface area contributed by atoms with Crippen LogP contribution in [0.15, 0.2) is 0 Å². The van der Waals surface area contributed by atoms with Crippen molar-refractivity contribution in [3.05, 3.63) is 0 Å². The Hall–Kier alpha value is -0.0800. The molecule has 2 aliphatic rings. The Balaban J connectivity index is 2.04. The minimum atomic E-state index is 0.729. The van der Waals surface area contributed by atoms with E-state index in [-0.39, 0.29) is 0 Å². The molecule has 0 spiro atoms. The van der Waals surface area contributed by atoms with Crippen LogP contribution >= 0.6 is 0 Å². The Morgan fingerprint density at radius 3 is 2.28 bits per heavy atom. The molecule has 0 aromatic rings. The first-order chi connectivity index (χ1) is 8.72. The molecule has 0 radical (unpaired) electrons. The zero-order chi connectivity index (χ0) is 13.0. The highest BCUT2D eigenvalue weighted by atomic mass is 15.2. The summed E-state index contributed by atoms with van der Waals surface area (Å²) < 4.78 is 0. The maximum atomic E-state index is 3.77. The normalized spacial score (nSPS) is 39.5. The van der Waals surface area contributed by atoms with E-state index < -0.39 is 0 Å². The summed E-state index contributed by atoms with van der Waals surface area (Å²) in [5, 5.41) is 3.77. The molecule has 0 aromatic heterocycles. The summed E-state index contributed by atoms with van der Waals surface area (Å²) in [6.45, 7) is 11.0. The second-order valence-corrected chi connectivity index (χ2v) is 6.66. The number of likely N-dealkylation sites (N-methyl/N-ethyl adjacent to an activating group) is 1. The molecule has 2 nitrogen and oxygen atoms in total. The molecule has 1 heterocycles. The fourth-order valence-electron chi connectivity index (χ4n) is 4.31. The molecule has 4 atom stereocenters. The van der Waals surface area contributed by atoms with Crippen molar-refractivity contribution in [3.63, 3.8) is 0 Å². The van der Waals surface area contributed by atoms with Gasteiger partial charge >= 0.3 is 0 Å². The third kappa shape index (κ3) is 3.48. The topological polar surface area (TPSA) is 15.3 Å². The molecule has 0 amide bonds. The van der Waals surface area contributed by atoms with E-state index in [1.165, 1.54) is 51.6 Å². The van der Waals surface area contributed by atoms with Gasteiger partial charge in [-0.2, -0.15) is 0 Å². The van der Waals surface area contributed by atoms with E-state index in [0.717, 1.165) is 30.5 Å². The molecule has 1 aliphatic carbocycles. The van der Waals surface area contributed by atoms with Gasteiger partial charge in [-0.25, -0.2) is 0 Å². The molecule has 18 heavy (non-hydrogen) atoms. The van der Waals surface area contributed by atoms with Crippen molar-refractivity contribution in [3.8, 4) is 0 Å². The number of hydrogen-bond donors (Lipinski definition) is 1. The van der Waals surface area contributed by atoms with Gasteiger partial charge < -0.3 is 5.32 Å². The maximum Gasteiger partial charge on any atom is 0.0275 e. The van der Waals surface area contributed by atoms with E-state index in [1.54, 1.807) is 0 Å². The van der Waals surface area contributed by atoms with E-state index in [9.17, 15) is 0 Å². The van der Waals surface area contributed by atoms with Crippen LogP contribution in [0.25, 0.3) is 0 Å². The third-order valence-corrected chi connectivity index (χ3v) is 4.95. The predicted molar refractivity (Wildman–Crippen MR) is 78.9 cm³/mol. The van der Waals surface area contributed by atoms with Crippen LogP contribution in [0.5, 0.6) is 0 Å². The van der Waals surface area contributed by atoms with Gasteiger partial charge in [-0.15, -0.1) is 0 Å². The van der Waals surface area contributed by atoms with Gasteiger partial charge in [0.05, 0.1) is 0 Å². The molecule has 0 bridgehead atoms. The first-order valence-corrected chi connectivity index (χ1v) is 8.19. The van der Waals surface area contributed by atoms with Crippen LogP contribution in [0.2, 0.25) is 0 Å². The van der Waals surface area contributed by atoms with Crippen molar-refractivity contribution in [2.24, 2.45) is 11.8 Å². The first kappa shape index (κ1) is 14.3. The second-order valence-electron chi connectivity index (χ2n) is 6.66. The van der Waals surface area contributed by atoms with Gasteiger partial charge in [0.25, 0.3) is 0 Å². The minimum absolute atomic E-state index is 0.729. The van der Waals surface area contributed by atoms with Crippen LogP contribution in [0.4, 0.5) is 0 Å². The summed E-state index contributed by atoms with van der Waals surface area (Å²) in [6.07, 6.45) is 8.51. The van der Waals surface area contributed by atoms with E-state index in [1.807, 2.05) is 0 Å². The van der Waals surface area contributed by atoms with Gasteiger partial charge in [-0.05, 0) is 57.2 Å². The number of likely N-dealkylation sites (tertiary alicyclic amines) is 1. The molecule has 1 N–H and O–H groups in total. The van der Waals surface area contributed by atoms with Crippen molar-refractivity contribution >= 4 is 0 Å². The molecule has 2 rings (SSSR count). The van der Waals surface area contributed by atoms with Gasteiger partial charge in [0.15, 0.2) is 0 Å². The van der Waals surface area contributed by atoms with Crippen molar-refractivity contribution in [2.75, 3.05) is 19.6 Å². The lowest BCUT2D eigenvalue weighted by Crippen LogP contribution is -2.56. The van der Waals surface area contributed by atoms with E-state index in [0.29, 0.717) is 0 Å². The lowest BCUT2D eigenvalue weighted by atomic mass is 9.75. The van der Waals surface area contributed by atoms with Crippen LogP contribution in [0.3, 0.4) is 0 Å². The number of rotatable bonds is 3. The molecular weight excluding hydrogens is 220 g/mol. The Morgan fingerprint density at radius 1 is 1.00 bits per heavy atom. The third-order valence-electron chi connectivity index (χ3n) is 4.95. The van der Waals surface area contributed by atoms with Gasteiger partial charge in [0, 0.05) is 12.1 Å². The highest BCUT2D eigenvalue weighted by molar-refractivity contribution is 4.94. The molecule has 106 valence electrons. The summed E-state index contributed by atoms with van der Waals surface area (Å²) in [7, 11) is 0. The quantitative estimate of drug-likeness (QED) is 0.829. The fraction of sp³-hybridized carbons (Fsp3) is 1.00. The largest absolute Gasteiger partial charge is 0.313 e. The van der Waals surface area contributed by atoms with Gasteiger partial charge in [-0.3, -0.25) is 4.90 Å². The molecule has 1 saturated carbocycles. The van der Waals surface area contributed by atoms with E-state index >= 15 is 0 Å². The molecule has 1 saturated heterocycles. The minimum Gasteiger partial charge on any atom is -0.313 e. The highest BCUT2D eigenvalue weighted by Crippen LogP contribution is 2.33. The van der Waals surface area contributed by atoms with Crippen LogP contribution < -0.4 is 5.32 Å².